The molecule has 0 unspecified atom stereocenters. The third-order valence-corrected chi connectivity index (χ3v) is 8.40. The van der Waals surface area contributed by atoms with Gasteiger partial charge in [-0.15, -0.1) is 4.37 Å². The van der Waals surface area contributed by atoms with E-state index in [1.165, 1.54) is 83.5 Å². The van der Waals surface area contributed by atoms with E-state index in [0.717, 1.165) is 43.1 Å². The monoisotopic (exact) mass is 666 g/mol. The number of esters is 2. The van der Waals surface area contributed by atoms with E-state index in [0.29, 0.717) is 51.2 Å². The molecule has 46 heavy (non-hydrogen) atoms. The van der Waals surface area contributed by atoms with Crippen LogP contribution in [0.1, 0.15) is 130 Å². The first kappa shape index (κ1) is 39.9. The number of hydrogen-bond donors (Lipinski definition) is 1. The van der Waals surface area contributed by atoms with Gasteiger partial charge in [-0.3, -0.25) is 0 Å². The van der Waals surface area contributed by atoms with Gasteiger partial charge < -0.3 is 29.2 Å². The highest BCUT2D eigenvalue weighted by molar-refractivity contribution is 6.99. The molecule has 0 amide bonds. The highest BCUT2D eigenvalue weighted by Gasteiger charge is 2.23. The number of nitrogens with zero attached hydrogens (tertiary/aromatic N) is 3. The molecule has 1 aromatic rings. The fourth-order valence-electron chi connectivity index (χ4n) is 5.17. The molecule has 2 rings (SSSR count). The SMILES string of the molecule is CCCCCCCCCCCCCCCCCCOC(=O)/C=C/C(=O)O[C@@H](CNC(C)(C)C)COc1nsnc1N1CCOCC1. The molecule has 10 nitrogen and oxygen atoms in total. The van der Waals surface area contributed by atoms with Gasteiger partial charge in [0, 0.05) is 37.3 Å². The second kappa shape index (κ2) is 24.9. The van der Waals surface area contributed by atoms with Gasteiger partial charge in [0.2, 0.25) is 5.82 Å². The van der Waals surface area contributed by atoms with Gasteiger partial charge in [0.25, 0.3) is 5.88 Å². The lowest BCUT2D eigenvalue weighted by Gasteiger charge is -2.27. The second-order valence-electron chi connectivity index (χ2n) is 13.3. The third kappa shape index (κ3) is 20.1. The Labute approximate surface area is 282 Å². The fraction of sp³-hybridized carbons (Fsp3) is 0.829. The average Bonchev–Trinajstić information content (AvgIpc) is 3.51. The van der Waals surface area contributed by atoms with Crippen molar-refractivity contribution in [1.29, 1.82) is 0 Å². The van der Waals surface area contributed by atoms with Crippen molar-refractivity contribution in [2.24, 2.45) is 0 Å². The van der Waals surface area contributed by atoms with Gasteiger partial charge in [0.15, 0.2) is 0 Å². The van der Waals surface area contributed by atoms with Crippen molar-refractivity contribution in [3.8, 4) is 5.88 Å². The molecule has 0 saturated carbocycles. The Balaban J connectivity index is 1.56. The Morgan fingerprint density at radius 3 is 1.96 bits per heavy atom. The van der Waals surface area contributed by atoms with Gasteiger partial charge in [0.05, 0.1) is 31.5 Å². The quantitative estimate of drug-likeness (QED) is 0.0609. The maximum absolute atomic E-state index is 12.5. The van der Waals surface area contributed by atoms with E-state index >= 15 is 0 Å². The van der Waals surface area contributed by atoms with Crippen molar-refractivity contribution >= 4 is 29.5 Å². The molecule has 11 heteroatoms. The maximum Gasteiger partial charge on any atom is 0.331 e. The van der Waals surface area contributed by atoms with E-state index in [1.807, 2.05) is 20.8 Å². The molecule has 1 aliphatic rings. The first-order valence-electron chi connectivity index (χ1n) is 17.9. The molecule has 0 radical (unpaired) electrons. The molecule has 1 aromatic heterocycles. The molecule has 1 saturated heterocycles. The number of nitrogens with one attached hydrogen (secondary N) is 1. The minimum Gasteiger partial charge on any atom is -0.470 e. The molecular weight excluding hydrogens is 604 g/mol. The van der Waals surface area contributed by atoms with Gasteiger partial charge >= 0.3 is 11.9 Å². The Hall–Kier alpha value is -2.24. The van der Waals surface area contributed by atoms with Crippen molar-refractivity contribution < 1.29 is 28.5 Å². The number of carbonyl (C=O) groups excluding carboxylic acids is 2. The Morgan fingerprint density at radius 2 is 1.39 bits per heavy atom. The highest BCUT2D eigenvalue weighted by atomic mass is 32.1. The molecule has 2 heterocycles. The number of carbonyl (C=O) groups is 2. The Morgan fingerprint density at radius 1 is 0.848 bits per heavy atom. The summed E-state index contributed by atoms with van der Waals surface area (Å²) in [6.45, 7) is 11.9. The number of aromatic nitrogens is 2. The smallest absolute Gasteiger partial charge is 0.331 e. The molecule has 0 aliphatic carbocycles. The van der Waals surface area contributed by atoms with Crippen LogP contribution in [0.5, 0.6) is 5.88 Å². The Kier molecular flexibility index (Phi) is 21.6. The van der Waals surface area contributed by atoms with Crippen molar-refractivity contribution in [2.75, 3.05) is 51.0 Å². The van der Waals surface area contributed by atoms with Crippen LogP contribution < -0.4 is 15.0 Å². The molecule has 1 atom stereocenters. The van der Waals surface area contributed by atoms with Crippen molar-refractivity contribution in [3.05, 3.63) is 12.2 Å². The van der Waals surface area contributed by atoms with E-state index in [9.17, 15) is 9.59 Å². The van der Waals surface area contributed by atoms with E-state index in [1.54, 1.807) is 0 Å². The first-order valence-corrected chi connectivity index (χ1v) is 18.6. The summed E-state index contributed by atoms with van der Waals surface area (Å²) in [7, 11) is 0. The normalized spacial score (nSPS) is 14.5. The van der Waals surface area contributed by atoms with Gasteiger partial charge in [-0.25, -0.2) is 9.59 Å². The second-order valence-corrected chi connectivity index (χ2v) is 13.8. The van der Waals surface area contributed by atoms with Crippen molar-refractivity contribution in [1.82, 2.24) is 14.1 Å². The van der Waals surface area contributed by atoms with Gasteiger partial charge in [0.1, 0.15) is 12.7 Å². The van der Waals surface area contributed by atoms with Crippen LogP contribution in [0.4, 0.5) is 5.82 Å². The number of morpholine rings is 1. The maximum atomic E-state index is 12.5. The zero-order valence-electron chi connectivity index (χ0n) is 29.2. The minimum atomic E-state index is -0.631. The number of ether oxygens (including phenoxy) is 4. The largest absolute Gasteiger partial charge is 0.470 e. The number of rotatable bonds is 26. The fourth-order valence-corrected chi connectivity index (χ4v) is 5.69. The van der Waals surface area contributed by atoms with Crippen molar-refractivity contribution in [3.63, 3.8) is 0 Å². The van der Waals surface area contributed by atoms with Crippen LogP contribution in [0.2, 0.25) is 0 Å². The summed E-state index contributed by atoms with van der Waals surface area (Å²) in [6, 6.07) is 0. The molecular formula is C35H62N4O6S. The number of hydrogen-bond acceptors (Lipinski definition) is 11. The molecule has 264 valence electrons. The van der Waals surface area contributed by atoms with Crippen LogP contribution in [0.3, 0.4) is 0 Å². The average molecular weight is 667 g/mol. The Bertz CT molecular complexity index is 961. The van der Waals surface area contributed by atoms with Crippen LogP contribution in [0.15, 0.2) is 12.2 Å². The third-order valence-electron chi connectivity index (χ3n) is 7.90. The van der Waals surface area contributed by atoms with Crippen LogP contribution in [0, 0.1) is 0 Å². The van der Waals surface area contributed by atoms with E-state index < -0.39 is 18.0 Å². The summed E-state index contributed by atoms with van der Waals surface area (Å²) in [6.07, 6.45) is 22.4. The summed E-state index contributed by atoms with van der Waals surface area (Å²) in [5.41, 5.74) is -0.182. The minimum absolute atomic E-state index is 0.0924. The molecule has 0 aromatic carbocycles. The topological polar surface area (TPSA) is 112 Å². The van der Waals surface area contributed by atoms with Gasteiger partial charge in [-0.1, -0.05) is 103 Å². The summed E-state index contributed by atoms with van der Waals surface area (Å²) in [5, 5.41) is 3.34. The van der Waals surface area contributed by atoms with Gasteiger partial charge in [-0.2, -0.15) is 4.37 Å². The van der Waals surface area contributed by atoms with Crippen LogP contribution in [0.25, 0.3) is 0 Å². The van der Waals surface area contributed by atoms with E-state index in [2.05, 4.69) is 25.9 Å². The summed E-state index contributed by atoms with van der Waals surface area (Å²) >= 11 is 1.08. The highest BCUT2D eigenvalue weighted by Crippen LogP contribution is 2.26. The lowest BCUT2D eigenvalue weighted by Crippen LogP contribution is -2.44. The first-order chi connectivity index (χ1) is 22.3. The van der Waals surface area contributed by atoms with Crippen LogP contribution >= 0.6 is 11.7 Å². The van der Waals surface area contributed by atoms with Crippen LogP contribution in [-0.4, -0.2) is 78.4 Å². The lowest BCUT2D eigenvalue weighted by molar-refractivity contribution is -0.145. The zero-order chi connectivity index (χ0) is 33.3. The summed E-state index contributed by atoms with van der Waals surface area (Å²) in [5.74, 6) is -0.0817. The zero-order valence-corrected chi connectivity index (χ0v) is 30.0. The lowest BCUT2D eigenvalue weighted by atomic mass is 10.0. The predicted molar refractivity (Wildman–Crippen MR) is 186 cm³/mol. The summed E-state index contributed by atoms with van der Waals surface area (Å²) < 4.78 is 30.9. The molecule has 1 N–H and O–H groups in total. The molecule has 0 bridgehead atoms. The van der Waals surface area contributed by atoms with E-state index in [4.69, 9.17) is 18.9 Å². The predicted octanol–water partition coefficient (Wildman–Crippen LogP) is 7.41. The van der Waals surface area contributed by atoms with E-state index in [-0.39, 0.29) is 12.1 Å². The summed E-state index contributed by atoms with van der Waals surface area (Å²) in [4.78, 5) is 26.8. The van der Waals surface area contributed by atoms with Crippen LogP contribution in [-0.2, 0) is 23.8 Å². The standard InChI is InChI=1S/C35H62N4O6S/c1-5-6-7-8-9-10-11-12-13-14-15-16-17-18-19-20-25-43-31(40)21-22-32(41)45-30(28-36-35(2,3)4)29-44-34-33(37-46-38-34)39-23-26-42-27-24-39/h21-22,30,36H,5-20,23-29H2,1-4H3/b22-21+/t30-/m0/s1. The molecule has 1 aliphatic heterocycles. The van der Waals surface area contributed by atoms with Gasteiger partial charge in [-0.05, 0) is 27.2 Å². The number of anilines is 1. The molecule has 1 fully saturated rings. The molecule has 0 spiro atoms. The van der Waals surface area contributed by atoms with Crippen molar-refractivity contribution in [2.45, 2.75) is 142 Å². The number of unbranched alkanes of at least 4 members (excludes halogenated alkanes) is 15.